The van der Waals surface area contributed by atoms with Gasteiger partial charge in [-0.2, -0.15) is 0 Å². The molecule has 0 fully saturated rings. The van der Waals surface area contributed by atoms with E-state index in [4.69, 9.17) is 30.6 Å². The third-order valence-corrected chi connectivity index (χ3v) is 9.55. The van der Waals surface area contributed by atoms with E-state index in [-0.39, 0.29) is 23.0 Å². The zero-order valence-electron chi connectivity index (χ0n) is 31.7. The molecule has 6 nitrogen and oxygen atoms in total. The van der Waals surface area contributed by atoms with Crippen LogP contribution in [0.5, 0.6) is 0 Å². The van der Waals surface area contributed by atoms with Crippen LogP contribution in [-0.4, -0.2) is 19.5 Å². The predicted octanol–water partition coefficient (Wildman–Crippen LogP) is 11.8. The van der Waals surface area contributed by atoms with Crippen LogP contribution in [0.25, 0.3) is 106 Å². The minimum absolute atomic E-state index is 0.0440. The molecule has 0 saturated heterocycles. The van der Waals surface area contributed by atoms with Crippen LogP contribution in [0.4, 0.5) is 0 Å². The highest BCUT2D eigenvalue weighted by Crippen LogP contribution is 2.40. The fourth-order valence-corrected chi connectivity index (χ4v) is 7.29. The Kier molecular flexibility index (Phi) is 4.91. The Morgan fingerprint density at radius 1 is 0.431 bits per heavy atom. The van der Waals surface area contributed by atoms with Crippen LogP contribution in [-0.2, 0) is 0 Å². The number of fused-ring (bicyclic) bond motifs is 9. The smallest absolute Gasteiger partial charge is 0.164 e. The van der Waals surface area contributed by atoms with Gasteiger partial charge in [-0.3, -0.25) is 0 Å². The van der Waals surface area contributed by atoms with Gasteiger partial charge in [0.2, 0.25) is 0 Å². The van der Waals surface area contributed by atoms with Crippen molar-refractivity contribution in [2.45, 2.75) is 0 Å². The van der Waals surface area contributed by atoms with Gasteiger partial charge in [-0.25, -0.2) is 15.0 Å². The Bertz CT molecular complexity index is 3380. The summed E-state index contributed by atoms with van der Waals surface area (Å²) >= 11 is 0. The quantitative estimate of drug-likeness (QED) is 0.188. The minimum atomic E-state index is -0.494. The summed E-state index contributed by atoms with van der Waals surface area (Å²) in [7, 11) is 0. The Morgan fingerprint density at radius 2 is 1.02 bits per heavy atom. The van der Waals surface area contributed by atoms with Crippen LogP contribution in [0.2, 0.25) is 0 Å². The summed E-state index contributed by atoms with van der Waals surface area (Å²) in [5.41, 5.74) is 7.07. The standard InChI is InChI=1S/C45H26N4O2/c1-2-11-27(12-3-1)43-46-44(28-22-24-39-34(25-28)32-15-6-9-19-38(32)50-39)48-45(47-43)29-21-23-33-41(26-29)51-40-20-10-18-37(42(33)40)49-35-16-7-4-13-30(35)31-14-5-8-17-36(31)49/h1-26H/i1D,2D,3D,11D,12D. The first kappa shape index (κ1) is 23.3. The van der Waals surface area contributed by atoms with Crippen molar-refractivity contribution in [1.82, 2.24) is 19.5 Å². The molecule has 6 heteroatoms. The molecule has 0 aliphatic rings. The molecule has 0 radical (unpaired) electrons. The Labute approximate surface area is 297 Å². The van der Waals surface area contributed by atoms with Gasteiger partial charge in [0.15, 0.2) is 17.5 Å². The molecule has 11 rings (SSSR count). The minimum Gasteiger partial charge on any atom is -0.456 e. The lowest BCUT2D eigenvalue weighted by atomic mass is 10.1. The summed E-state index contributed by atoms with van der Waals surface area (Å²) in [4.78, 5) is 14.4. The largest absolute Gasteiger partial charge is 0.456 e. The van der Waals surface area contributed by atoms with E-state index < -0.39 is 30.2 Å². The van der Waals surface area contributed by atoms with Gasteiger partial charge >= 0.3 is 0 Å². The fourth-order valence-electron chi connectivity index (χ4n) is 7.29. The van der Waals surface area contributed by atoms with E-state index in [0.29, 0.717) is 27.9 Å². The Morgan fingerprint density at radius 3 is 1.78 bits per heavy atom. The van der Waals surface area contributed by atoms with E-state index in [1.165, 1.54) is 0 Å². The molecule has 4 heterocycles. The lowest BCUT2D eigenvalue weighted by Gasteiger charge is -2.10. The summed E-state index contributed by atoms with van der Waals surface area (Å²) < 4.78 is 57.3. The van der Waals surface area contributed by atoms with E-state index in [2.05, 4.69) is 59.2 Å². The van der Waals surface area contributed by atoms with Gasteiger partial charge in [0.05, 0.1) is 29.0 Å². The monoisotopic (exact) mass is 659 g/mol. The maximum Gasteiger partial charge on any atom is 0.164 e. The zero-order valence-corrected chi connectivity index (χ0v) is 26.7. The normalized spacial score (nSPS) is 13.3. The van der Waals surface area contributed by atoms with Crippen molar-refractivity contribution in [1.29, 1.82) is 0 Å². The maximum absolute atomic E-state index is 8.75. The van der Waals surface area contributed by atoms with E-state index >= 15 is 0 Å². The number of benzene rings is 7. The average molecular weight is 660 g/mol. The number of aromatic nitrogens is 4. The van der Waals surface area contributed by atoms with Gasteiger partial charge in [-0.05, 0) is 60.7 Å². The highest BCUT2D eigenvalue weighted by Gasteiger charge is 2.19. The molecule has 4 aromatic heterocycles. The third kappa shape index (κ3) is 4.26. The molecule has 0 saturated carbocycles. The number of rotatable bonds is 4. The highest BCUT2D eigenvalue weighted by atomic mass is 16.3. The lowest BCUT2D eigenvalue weighted by molar-refractivity contribution is 0.668. The second-order valence-electron chi connectivity index (χ2n) is 12.4. The highest BCUT2D eigenvalue weighted by molar-refractivity contribution is 6.14. The molecular weight excluding hydrogens is 629 g/mol. The molecule has 7 aromatic carbocycles. The van der Waals surface area contributed by atoms with Crippen LogP contribution < -0.4 is 0 Å². The van der Waals surface area contributed by atoms with Crippen LogP contribution in [0.15, 0.2) is 166 Å². The first-order chi connectivity index (χ1) is 27.3. The van der Waals surface area contributed by atoms with Gasteiger partial charge in [0.1, 0.15) is 22.3 Å². The molecule has 51 heavy (non-hydrogen) atoms. The van der Waals surface area contributed by atoms with Crippen molar-refractivity contribution < 1.29 is 15.7 Å². The average Bonchev–Trinajstić information content (AvgIpc) is 3.91. The van der Waals surface area contributed by atoms with Crippen LogP contribution in [0, 0.1) is 0 Å². The second kappa shape index (κ2) is 10.7. The molecular formula is C45H26N4O2. The van der Waals surface area contributed by atoms with Crippen LogP contribution in [0.3, 0.4) is 0 Å². The van der Waals surface area contributed by atoms with Gasteiger partial charge < -0.3 is 13.4 Å². The molecule has 0 aliphatic carbocycles. The topological polar surface area (TPSA) is 69.9 Å². The molecule has 0 spiro atoms. The lowest BCUT2D eigenvalue weighted by Crippen LogP contribution is -2.00. The van der Waals surface area contributed by atoms with E-state index in [1.807, 2.05) is 72.8 Å². The van der Waals surface area contributed by atoms with Crippen molar-refractivity contribution >= 4 is 65.7 Å². The van der Waals surface area contributed by atoms with Crippen molar-refractivity contribution in [3.63, 3.8) is 0 Å². The summed E-state index contributed by atoms with van der Waals surface area (Å²) in [6.07, 6.45) is 0. The molecule has 0 N–H and O–H groups in total. The Hall–Kier alpha value is -7.05. The van der Waals surface area contributed by atoms with E-state index in [9.17, 15) is 0 Å². The molecule has 0 aliphatic heterocycles. The molecule has 0 amide bonds. The van der Waals surface area contributed by atoms with Gasteiger partial charge in [0, 0.05) is 43.6 Å². The summed E-state index contributed by atoms with van der Waals surface area (Å²) in [6.45, 7) is 0. The SMILES string of the molecule is [2H]c1c([2H])c([2H])c(-c2nc(-c3ccc4c(c3)oc3cccc(-n5c6ccccc6c6ccccc65)c34)nc(-c3ccc4oc5ccccc5c4c3)n2)c([2H])c1[2H]. The summed E-state index contributed by atoms with van der Waals surface area (Å²) in [5.74, 6) is 0.471. The molecule has 0 unspecified atom stereocenters. The molecule has 238 valence electrons. The van der Waals surface area contributed by atoms with Crippen molar-refractivity contribution in [2.75, 3.05) is 0 Å². The predicted molar refractivity (Wildman–Crippen MR) is 205 cm³/mol. The van der Waals surface area contributed by atoms with E-state index in [0.717, 1.165) is 54.6 Å². The summed E-state index contributed by atoms with van der Waals surface area (Å²) in [6, 6.07) is 39.8. The van der Waals surface area contributed by atoms with Crippen LogP contribution in [0.1, 0.15) is 6.85 Å². The molecule has 11 aromatic rings. The first-order valence-corrected chi connectivity index (χ1v) is 16.5. The number of hydrogen-bond donors (Lipinski definition) is 0. The number of nitrogens with zero attached hydrogens (tertiary/aromatic N) is 4. The second-order valence-corrected chi connectivity index (χ2v) is 12.4. The van der Waals surface area contributed by atoms with Crippen molar-refractivity contribution in [2.24, 2.45) is 0 Å². The number of para-hydroxylation sites is 3. The maximum atomic E-state index is 8.75. The van der Waals surface area contributed by atoms with E-state index in [1.54, 1.807) is 0 Å². The first-order valence-electron chi connectivity index (χ1n) is 19.0. The molecule has 0 atom stereocenters. The Balaban J connectivity index is 1.13. The summed E-state index contributed by atoms with van der Waals surface area (Å²) in [5, 5.41) is 5.98. The third-order valence-electron chi connectivity index (χ3n) is 9.55. The van der Waals surface area contributed by atoms with Crippen LogP contribution >= 0.6 is 0 Å². The zero-order chi connectivity index (χ0) is 37.8. The number of furan rings is 2. The van der Waals surface area contributed by atoms with Gasteiger partial charge in [-0.1, -0.05) is 96.9 Å². The fraction of sp³-hybridized carbons (Fsp3) is 0. The number of hydrogen-bond acceptors (Lipinski definition) is 5. The van der Waals surface area contributed by atoms with Gasteiger partial charge in [-0.15, -0.1) is 0 Å². The molecule has 0 bridgehead atoms. The van der Waals surface area contributed by atoms with Gasteiger partial charge in [0.25, 0.3) is 0 Å². The van der Waals surface area contributed by atoms with Crippen molar-refractivity contribution in [3.8, 4) is 39.9 Å². The van der Waals surface area contributed by atoms with Crippen molar-refractivity contribution in [3.05, 3.63) is 158 Å².